The third kappa shape index (κ3) is 3.41. The van der Waals surface area contributed by atoms with Gasteiger partial charge in [0, 0.05) is 29.7 Å². The quantitative estimate of drug-likeness (QED) is 0.849. The molecule has 0 bridgehead atoms. The maximum absolute atomic E-state index is 10.6. The van der Waals surface area contributed by atoms with Gasteiger partial charge in [-0.05, 0) is 50.6 Å². The number of carbonyl (C=O) groups is 1. The normalized spacial score (nSPS) is 12.1. The lowest BCUT2D eigenvalue weighted by Gasteiger charge is -2.10. The zero-order valence-electron chi connectivity index (χ0n) is 12.0. The fourth-order valence-corrected chi connectivity index (χ4v) is 2.19. The van der Waals surface area contributed by atoms with Crippen molar-refractivity contribution in [3.63, 3.8) is 0 Å². The second-order valence-corrected chi connectivity index (χ2v) is 5.16. The number of carboxylic acid groups (broad SMARTS) is 1. The molecule has 2 aromatic rings. The summed E-state index contributed by atoms with van der Waals surface area (Å²) in [4.78, 5) is 10.6. The molecule has 0 amide bonds. The van der Waals surface area contributed by atoms with E-state index in [1.165, 1.54) is 6.08 Å². The van der Waals surface area contributed by atoms with Crippen molar-refractivity contribution in [1.82, 2.24) is 4.57 Å². The van der Waals surface area contributed by atoms with E-state index in [4.69, 9.17) is 9.84 Å². The van der Waals surface area contributed by atoms with E-state index in [9.17, 15) is 4.79 Å². The first-order valence-corrected chi connectivity index (χ1v) is 6.61. The Morgan fingerprint density at radius 1 is 1.40 bits per heavy atom. The highest BCUT2D eigenvalue weighted by Gasteiger charge is 2.05. The van der Waals surface area contributed by atoms with Crippen LogP contribution >= 0.6 is 0 Å². The van der Waals surface area contributed by atoms with Gasteiger partial charge in [0.15, 0.2) is 0 Å². The van der Waals surface area contributed by atoms with Crippen LogP contribution in [0, 0.1) is 0 Å². The van der Waals surface area contributed by atoms with E-state index in [2.05, 4.69) is 0 Å². The van der Waals surface area contributed by atoms with Crippen LogP contribution in [-0.2, 0) is 11.3 Å². The molecule has 0 unspecified atom stereocenters. The molecule has 0 aliphatic rings. The van der Waals surface area contributed by atoms with E-state index < -0.39 is 5.97 Å². The Balaban J connectivity index is 2.26. The Hall–Kier alpha value is -2.23. The molecule has 1 aromatic carbocycles. The topological polar surface area (TPSA) is 51.5 Å². The molecule has 0 spiro atoms. The fraction of sp³-hybridized carbons (Fsp3) is 0.312. The molecule has 2 rings (SSSR count). The van der Waals surface area contributed by atoms with Gasteiger partial charge in [0.25, 0.3) is 0 Å². The molecule has 0 radical (unpaired) electrons. The van der Waals surface area contributed by atoms with E-state index in [0.717, 1.165) is 22.2 Å². The van der Waals surface area contributed by atoms with Gasteiger partial charge in [0.2, 0.25) is 0 Å². The van der Waals surface area contributed by atoms with E-state index in [1.807, 2.05) is 55.8 Å². The maximum Gasteiger partial charge on any atom is 0.328 e. The van der Waals surface area contributed by atoms with Gasteiger partial charge in [-0.3, -0.25) is 0 Å². The first kappa shape index (κ1) is 14.2. The molecule has 20 heavy (non-hydrogen) atoms. The molecular formula is C16H19NO3. The Bertz CT molecular complexity index is 653. The number of aromatic nitrogens is 1. The van der Waals surface area contributed by atoms with Gasteiger partial charge >= 0.3 is 5.97 Å². The molecule has 0 aliphatic carbocycles. The van der Waals surface area contributed by atoms with Crippen molar-refractivity contribution >= 4 is 16.9 Å². The van der Waals surface area contributed by atoms with Crippen molar-refractivity contribution in [2.45, 2.75) is 33.4 Å². The molecule has 1 aromatic heterocycles. The van der Waals surface area contributed by atoms with E-state index >= 15 is 0 Å². The van der Waals surface area contributed by atoms with Crippen molar-refractivity contribution in [2.24, 2.45) is 0 Å². The monoisotopic (exact) mass is 273 g/mol. The molecule has 0 saturated carbocycles. The summed E-state index contributed by atoms with van der Waals surface area (Å²) >= 11 is 0. The average molecular weight is 273 g/mol. The number of hydrogen-bond acceptors (Lipinski definition) is 2. The van der Waals surface area contributed by atoms with Gasteiger partial charge in [-0.2, -0.15) is 0 Å². The summed E-state index contributed by atoms with van der Waals surface area (Å²) in [5, 5.41) is 9.83. The predicted molar refractivity (Wildman–Crippen MR) is 79.1 cm³/mol. The summed E-state index contributed by atoms with van der Waals surface area (Å²) in [6.45, 7) is 6.38. The molecule has 1 heterocycles. The van der Waals surface area contributed by atoms with Gasteiger partial charge in [-0.1, -0.05) is 0 Å². The highest BCUT2D eigenvalue weighted by Crippen LogP contribution is 2.23. The van der Waals surface area contributed by atoms with Crippen molar-refractivity contribution in [2.75, 3.05) is 0 Å². The number of allylic oxidation sites excluding steroid dienone is 1. The molecule has 0 saturated heterocycles. The third-order valence-corrected chi connectivity index (χ3v) is 2.90. The summed E-state index contributed by atoms with van der Waals surface area (Å²) in [5.74, 6) is -0.0605. The molecule has 1 N–H and O–H groups in total. The van der Waals surface area contributed by atoms with Gasteiger partial charge < -0.3 is 14.4 Å². The van der Waals surface area contributed by atoms with Crippen molar-refractivity contribution < 1.29 is 14.6 Å². The number of aliphatic carboxylic acids is 1. The van der Waals surface area contributed by atoms with Crippen LogP contribution in [0.25, 0.3) is 10.9 Å². The van der Waals surface area contributed by atoms with Gasteiger partial charge in [-0.15, -0.1) is 0 Å². The number of nitrogens with zero attached hydrogens (tertiary/aromatic N) is 1. The number of carboxylic acids is 1. The van der Waals surface area contributed by atoms with E-state index in [1.54, 1.807) is 0 Å². The van der Waals surface area contributed by atoms with Crippen LogP contribution in [0.15, 0.2) is 42.1 Å². The van der Waals surface area contributed by atoms with Crippen LogP contribution in [0.4, 0.5) is 0 Å². The first-order chi connectivity index (χ1) is 9.45. The Labute approximate surface area is 118 Å². The maximum atomic E-state index is 10.6. The summed E-state index contributed by atoms with van der Waals surface area (Å²) in [6, 6.07) is 7.95. The second kappa shape index (κ2) is 5.82. The van der Waals surface area contributed by atoms with Crippen LogP contribution in [0.3, 0.4) is 0 Å². The standard InChI is InChI=1S/C16H19NO3/c1-11(2)20-14-4-5-15-13(9-14)6-7-17(15)10-12(3)8-16(18)19/h4-9,11H,10H2,1-3H3,(H,18,19)/b12-8+. The van der Waals surface area contributed by atoms with E-state index in [-0.39, 0.29) is 6.10 Å². The molecule has 4 heteroatoms. The third-order valence-electron chi connectivity index (χ3n) is 2.90. The van der Waals surface area contributed by atoms with Crippen LogP contribution < -0.4 is 4.74 Å². The Morgan fingerprint density at radius 3 is 2.80 bits per heavy atom. The second-order valence-electron chi connectivity index (χ2n) is 5.16. The molecule has 4 nitrogen and oxygen atoms in total. The molecule has 0 fully saturated rings. The van der Waals surface area contributed by atoms with Gasteiger partial charge in [0.05, 0.1) is 6.10 Å². The van der Waals surface area contributed by atoms with Gasteiger partial charge in [-0.25, -0.2) is 4.79 Å². The summed E-state index contributed by atoms with van der Waals surface area (Å²) < 4.78 is 7.70. The number of benzene rings is 1. The van der Waals surface area contributed by atoms with Crippen LogP contribution in [0.2, 0.25) is 0 Å². The van der Waals surface area contributed by atoms with Crippen LogP contribution in [0.1, 0.15) is 20.8 Å². The van der Waals surface area contributed by atoms with Gasteiger partial charge in [0.1, 0.15) is 5.75 Å². The molecule has 106 valence electrons. The summed E-state index contributed by atoms with van der Waals surface area (Å²) in [5.41, 5.74) is 1.87. The smallest absolute Gasteiger partial charge is 0.328 e. The highest BCUT2D eigenvalue weighted by atomic mass is 16.5. The average Bonchev–Trinajstić information content (AvgIpc) is 2.70. The summed E-state index contributed by atoms with van der Waals surface area (Å²) in [6.07, 6.45) is 3.35. The van der Waals surface area contributed by atoms with Crippen LogP contribution in [0.5, 0.6) is 5.75 Å². The largest absolute Gasteiger partial charge is 0.491 e. The zero-order valence-corrected chi connectivity index (χ0v) is 12.0. The molecule has 0 aliphatic heterocycles. The molecule has 0 atom stereocenters. The highest BCUT2D eigenvalue weighted by molar-refractivity contribution is 5.82. The number of rotatable bonds is 5. The lowest BCUT2D eigenvalue weighted by Crippen LogP contribution is -2.05. The molecular weight excluding hydrogens is 254 g/mol. The lowest BCUT2D eigenvalue weighted by molar-refractivity contribution is -0.131. The number of ether oxygens (including phenoxy) is 1. The zero-order chi connectivity index (χ0) is 14.7. The summed E-state index contributed by atoms with van der Waals surface area (Å²) in [7, 11) is 0. The first-order valence-electron chi connectivity index (χ1n) is 6.61. The lowest BCUT2D eigenvalue weighted by atomic mass is 10.2. The minimum atomic E-state index is -0.911. The van der Waals surface area contributed by atoms with Crippen LogP contribution in [-0.4, -0.2) is 21.7 Å². The minimum absolute atomic E-state index is 0.148. The number of fused-ring (bicyclic) bond motifs is 1. The van der Waals surface area contributed by atoms with E-state index in [0.29, 0.717) is 6.54 Å². The fourth-order valence-electron chi connectivity index (χ4n) is 2.19. The number of hydrogen-bond donors (Lipinski definition) is 1. The minimum Gasteiger partial charge on any atom is -0.491 e. The SMILES string of the molecule is C/C(=C\C(=O)O)Cn1ccc2cc(OC(C)C)ccc21. The van der Waals surface area contributed by atoms with Crippen molar-refractivity contribution in [3.8, 4) is 5.75 Å². The predicted octanol–water partition coefficient (Wildman–Crippen LogP) is 3.46. The Morgan fingerprint density at radius 2 is 2.15 bits per heavy atom. The van der Waals surface area contributed by atoms with Crippen molar-refractivity contribution in [3.05, 3.63) is 42.1 Å². The van der Waals surface area contributed by atoms with Crippen molar-refractivity contribution in [1.29, 1.82) is 0 Å². The Kier molecular flexibility index (Phi) is 4.13.